The first-order valence-corrected chi connectivity index (χ1v) is 10.1. The Morgan fingerprint density at radius 2 is 1.94 bits per heavy atom. The number of pyridine rings is 1. The van der Waals surface area contributed by atoms with Gasteiger partial charge in [-0.1, -0.05) is 35.0 Å². The minimum atomic E-state index is -0.339. The molecule has 0 radical (unpaired) electrons. The Morgan fingerprint density at radius 1 is 1.13 bits per heavy atom. The van der Waals surface area contributed by atoms with Crippen LogP contribution in [0.5, 0.6) is 0 Å². The number of nitrogens with zero attached hydrogens (tertiary/aromatic N) is 5. The molecule has 9 heteroatoms. The van der Waals surface area contributed by atoms with Crippen molar-refractivity contribution in [1.82, 2.24) is 24.3 Å². The Labute approximate surface area is 176 Å². The van der Waals surface area contributed by atoms with Crippen LogP contribution < -0.4 is 11.1 Å². The summed E-state index contributed by atoms with van der Waals surface area (Å²) in [5, 5.41) is 4.10. The lowest BCUT2D eigenvalue weighted by atomic mass is 9.99. The van der Waals surface area contributed by atoms with Gasteiger partial charge in [0.25, 0.3) is 11.1 Å². The van der Waals surface area contributed by atoms with E-state index in [4.69, 9.17) is 9.26 Å². The molecular formula is C22H21N5O4. The molecule has 0 amide bonds. The molecule has 0 aliphatic carbocycles. The zero-order chi connectivity index (χ0) is 21.5. The van der Waals surface area contributed by atoms with Crippen molar-refractivity contribution >= 4 is 11.0 Å². The number of aryl methyl sites for hydroxylation is 2. The average Bonchev–Trinajstić information content (AvgIpc) is 3.43. The molecule has 1 aromatic carbocycles. The van der Waals surface area contributed by atoms with E-state index >= 15 is 0 Å². The molecule has 5 rings (SSSR count). The van der Waals surface area contributed by atoms with Crippen LogP contribution in [0.3, 0.4) is 0 Å². The third-order valence-electron chi connectivity index (χ3n) is 5.69. The van der Waals surface area contributed by atoms with Gasteiger partial charge in [0.15, 0.2) is 5.82 Å². The second kappa shape index (κ2) is 7.59. The van der Waals surface area contributed by atoms with Crippen molar-refractivity contribution in [2.75, 3.05) is 6.61 Å². The molecule has 1 fully saturated rings. The van der Waals surface area contributed by atoms with E-state index in [1.165, 1.54) is 27.1 Å². The first-order valence-electron chi connectivity index (χ1n) is 10.1. The van der Waals surface area contributed by atoms with Crippen LogP contribution in [0.4, 0.5) is 0 Å². The summed E-state index contributed by atoms with van der Waals surface area (Å²) in [4.78, 5) is 33.5. The zero-order valence-electron chi connectivity index (χ0n) is 17.2. The summed E-state index contributed by atoms with van der Waals surface area (Å²) in [6.45, 7) is 2.64. The highest BCUT2D eigenvalue weighted by Gasteiger charge is 2.31. The highest BCUT2D eigenvalue weighted by atomic mass is 16.5. The van der Waals surface area contributed by atoms with E-state index in [-0.39, 0.29) is 35.2 Å². The van der Waals surface area contributed by atoms with Gasteiger partial charge in [-0.25, -0.2) is 4.98 Å². The number of aromatic nitrogens is 5. The quantitative estimate of drug-likeness (QED) is 0.499. The maximum absolute atomic E-state index is 12.8. The summed E-state index contributed by atoms with van der Waals surface area (Å²) in [5.41, 5.74) is 2.43. The number of hydrogen-bond acceptors (Lipinski definition) is 7. The standard InChI is InChI=1S/C22H21N5O4/c1-13-3-5-14(6-4-13)17-9-15(11-30-17)21-24-18(31-25-21)10-27-12-23-16-7-8-19(28)26(2)20(16)22(27)29/h3-8,12,15,17H,9-11H2,1-2H3/t15-,17+/m0/s1. The molecule has 3 aromatic heterocycles. The number of fused-ring (bicyclic) bond motifs is 1. The minimum Gasteiger partial charge on any atom is -0.373 e. The van der Waals surface area contributed by atoms with Crippen molar-refractivity contribution in [2.24, 2.45) is 7.05 Å². The molecule has 1 saturated heterocycles. The van der Waals surface area contributed by atoms with Crippen molar-refractivity contribution in [3.8, 4) is 0 Å². The van der Waals surface area contributed by atoms with Gasteiger partial charge in [-0.3, -0.25) is 14.2 Å². The molecule has 4 aromatic rings. The first kappa shape index (κ1) is 19.4. The third-order valence-corrected chi connectivity index (χ3v) is 5.69. The van der Waals surface area contributed by atoms with E-state index in [1.54, 1.807) is 13.1 Å². The van der Waals surface area contributed by atoms with Crippen LogP contribution in [0.25, 0.3) is 11.0 Å². The Morgan fingerprint density at radius 3 is 2.74 bits per heavy atom. The minimum absolute atomic E-state index is 0.00106. The van der Waals surface area contributed by atoms with Crippen molar-refractivity contribution in [1.29, 1.82) is 0 Å². The lowest BCUT2D eigenvalue weighted by Crippen LogP contribution is -2.28. The predicted octanol–water partition coefficient (Wildman–Crippen LogP) is 2.08. The lowest BCUT2D eigenvalue weighted by molar-refractivity contribution is 0.110. The summed E-state index contributed by atoms with van der Waals surface area (Å²) in [7, 11) is 1.55. The van der Waals surface area contributed by atoms with E-state index in [0.717, 1.165) is 12.0 Å². The van der Waals surface area contributed by atoms with Gasteiger partial charge >= 0.3 is 0 Å². The van der Waals surface area contributed by atoms with E-state index in [2.05, 4.69) is 46.3 Å². The van der Waals surface area contributed by atoms with Crippen LogP contribution in [-0.2, 0) is 18.3 Å². The van der Waals surface area contributed by atoms with E-state index < -0.39 is 0 Å². The van der Waals surface area contributed by atoms with E-state index in [9.17, 15) is 9.59 Å². The fraction of sp³-hybridized carbons (Fsp3) is 0.318. The molecule has 1 aliphatic rings. The molecule has 9 nitrogen and oxygen atoms in total. The number of ether oxygens (including phenoxy) is 1. The van der Waals surface area contributed by atoms with Gasteiger partial charge < -0.3 is 13.8 Å². The Balaban J connectivity index is 1.35. The Kier molecular flexibility index (Phi) is 4.74. The molecule has 31 heavy (non-hydrogen) atoms. The number of hydrogen-bond donors (Lipinski definition) is 0. The van der Waals surface area contributed by atoms with Gasteiger partial charge in [0, 0.05) is 19.0 Å². The van der Waals surface area contributed by atoms with Gasteiger partial charge in [0.05, 0.1) is 24.6 Å². The van der Waals surface area contributed by atoms with Crippen molar-refractivity contribution < 1.29 is 9.26 Å². The molecule has 2 atom stereocenters. The lowest BCUT2D eigenvalue weighted by Gasteiger charge is -2.09. The molecule has 0 bridgehead atoms. The average molecular weight is 419 g/mol. The summed E-state index contributed by atoms with van der Waals surface area (Å²) in [6.07, 6.45) is 2.19. The van der Waals surface area contributed by atoms with Gasteiger partial charge in [0.1, 0.15) is 12.1 Å². The van der Waals surface area contributed by atoms with Crippen molar-refractivity contribution in [3.05, 3.63) is 86.3 Å². The second-order valence-electron chi connectivity index (χ2n) is 7.85. The normalized spacial score (nSPS) is 18.6. The van der Waals surface area contributed by atoms with Crippen LogP contribution in [0.1, 0.15) is 41.3 Å². The summed E-state index contributed by atoms with van der Waals surface area (Å²) in [6, 6.07) is 11.2. The van der Waals surface area contributed by atoms with Crippen molar-refractivity contribution in [2.45, 2.75) is 31.9 Å². The highest BCUT2D eigenvalue weighted by Crippen LogP contribution is 2.37. The van der Waals surface area contributed by atoms with Crippen LogP contribution in [0, 0.1) is 6.92 Å². The molecule has 1 aliphatic heterocycles. The van der Waals surface area contributed by atoms with Crippen LogP contribution in [0.15, 0.2) is 56.8 Å². The maximum Gasteiger partial charge on any atom is 0.278 e. The molecule has 0 N–H and O–H groups in total. The SMILES string of the molecule is Cc1ccc([C@H]2C[C@H](c3noc(Cn4cnc5ccc(=O)n(C)c5c4=O)n3)CO2)cc1. The van der Waals surface area contributed by atoms with Crippen LogP contribution in [0.2, 0.25) is 0 Å². The van der Waals surface area contributed by atoms with E-state index in [0.29, 0.717) is 23.8 Å². The summed E-state index contributed by atoms with van der Waals surface area (Å²) in [5.74, 6) is 0.896. The van der Waals surface area contributed by atoms with Crippen molar-refractivity contribution in [3.63, 3.8) is 0 Å². The molecule has 4 heterocycles. The molecule has 0 spiro atoms. The fourth-order valence-corrected chi connectivity index (χ4v) is 3.88. The van der Waals surface area contributed by atoms with Gasteiger partial charge in [-0.2, -0.15) is 4.98 Å². The Hall–Kier alpha value is -3.59. The first-order chi connectivity index (χ1) is 15.0. The number of rotatable bonds is 4. The van der Waals surface area contributed by atoms with Gasteiger partial charge in [-0.05, 0) is 25.0 Å². The zero-order valence-corrected chi connectivity index (χ0v) is 17.2. The van der Waals surface area contributed by atoms with E-state index in [1.807, 2.05) is 0 Å². The Bertz CT molecular complexity index is 1370. The molecule has 0 unspecified atom stereocenters. The molecule has 158 valence electrons. The monoisotopic (exact) mass is 419 g/mol. The van der Waals surface area contributed by atoms with Crippen LogP contribution in [-0.4, -0.2) is 30.9 Å². The topological polar surface area (TPSA) is 105 Å². The summed E-state index contributed by atoms with van der Waals surface area (Å²) < 4.78 is 14.0. The second-order valence-corrected chi connectivity index (χ2v) is 7.85. The predicted molar refractivity (Wildman–Crippen MR) is 112 cm³/mol. The smallest absolute Gasteiger partial charge is 0.278 e. The van der Waals surface area contributed by atoms with Gasteiger partial charge in [-0.15, -0.1) is 0 Å². The van der Waals surface area contributed by atoms with Crippen LogP contribution >= 0.6 is 0 Å². The fourth-order valence-electron chi connectivity index (χ4n) is 3.88. The summed E-state index contributed by atoms with van der Waals surface area (Å²) >= 11 is 0. The largest absolute Gasteiger partial charge is 0.373 e. The third kappa shape index (κ3) is 3.57. The van der Waals surface area contributed by atoms with Gasteiger partial charge in [0.2, 0.25) is 5.89 Å². The highest BCUT2D eigenvalue weighted by molar-refractivity contribution is 5.72. The number of benzene rings is 1. The molecular weight excluding hydrogens is 398 g/mol. The molecule has 0 saturated carbocycles. The maximum atomic E-state index is 12.8.